The molecule has 1 N–H and O–H groups in total. The third-order valence-electron chi connectivity index (χ3n) is 2.84. The van der Waals surface area contributed by atoms with Gasteiger partial charge in [0.05, 0.1) is 24.0 Å². The van der Waals surface area contributed by atoms with Gasteiger partial charge in [0.1, 0.15) is 5.69 Å². The Balaban J connectivity index is 3.17. The monoisotopic (exact) mass is 277 g/mol. The molecular formula is C14H19N3O3. The van der Waals surface area contributed by atoms with Crippen LogP contribution >= 0.6 is 0 Å². The number of hydrogen-bond acceptors (Lipinski definition) is 5. The summed E-state index contributed by atoms with van der Waals surface area (Å²) in [6.45, 7) is 4.90. The Kier molecular flexibility index (Phi) is 5.94. The van der Waals surface area contributed by atoms with Crippen LogP contribution in [0.15, 0.2) is 18.2 Å². The Labute approximate surface area is 118 Å². The predicted octanol–water partition coefficient (Wildman–Crippen LogP) is 2.46. The molecule has 0 aliphatic carbocycles. The fourth-order valence-corrected chi connectivity index (χ4v) is 2.02. The van der Waals surface area contributed by atoms with Crippen LogP contribution in [0.2, 0.25) is 0 Å². The first-order valence-corrected chi connectivity index (χ1v) is 6.49. The zero-order valence-electron chi connectivity index (χ0n) is 11.7. The van der Waals surface area contributed by atoms with Gasteiger partial charge < -0.3 is 10.0 Å². The van der Waals surface area contributed by atoms with Crippen molar-refractivity contribution in [1.82, 2.24) is 0 Å². The normalized spacial score (nSPS) is 10.3. The van der Waals surface area contributed by atoms with Crippen LogP contribution in [0.5, 0.6) is 0 Å². The van der Waals surface area contributed by atoms with Gasteiger partial charge in [-0.05, 0) is 17.5 Å². The molecule has 0 atom stereocenters. The third kappa shape index (κ3) is 4.21. The molecule has 6 heteroatoms. The molecule has 0 fully saturated rings. The van der Waals surface area contributed by atoms with Crippen molar-refractivity contribution in [1.29, 1.82) is 5.26 Å². The Morgan fingerprint density at radius 2 is 2.20 bits per heavy atom. The van der Waals surface area contributed by atoms with Gasteiger partial charge in [-0.1, -0.05) is 19.9 Å². The largest absolute Gasteiger partial charge is 0.392 e. The lowest BCUT2D eigenvalue weighted by atomic mass is 10.1. The van der Waals surface area contributed by atoms with Gasteiger partial charge in [-0.3, -0.25) is 10.1 Å². The molecule has 0 radical (unpaired) electrons. The maximum atomic E-state index is 11.2. The lowest BCUT2D eigenvalue weighted by Crippen LogP contribution is -2.29. The van der Waals surface area contributed by atoms with E-state index in [4.69, 9.17) is 10.4 Å². The van der Waals surface area contributed by atoms with Gasteiger partial charge in [-0.25, -0.2) is 0 Å². The highest BCUT2D eigenvalue weighted by Crippen LogP contribution is 2.30. The molecule has 0 amide bonds. The van der Waals surface area contributed by atoms with E-state index in [-0.39, 0.29) is 12.3 Å². The minimum atomic E-state index is -0.450. The lowest BCUT2D eigenvalue weighted by Gasteiger charge is -2.25. The van der Waals surface area contributed by atoms with Gasteiger partial charge in [0.2, 0.25) is 0 Å². The van der Waals surface area contributed by atoms with Gasteiger partial charge in [0.15, 0.2) is 0 Å². The first-order valence-electron chi connectivity index (χ1n) is 6.49. The van der Waals surface area contributed by atoms with Gasteiger partial charge in [0.25, 0.3) is 5.69 Å². The van der Waals surface area contributed by atoms with Crippen molar-refractivity contribution >= 4 is 11.4 Å². The smallest absolute Gasteiger partial charge is 0.292 e. The molecule has 0 aliphatic rings. The average molecular weight is 277 g/mol. The maximum Gasteiger partial charge on any atom is 0.292 e. The lowest BCUT2D eigenvalue weighted by molar-refractivity contribution is -0.384. The molecule has 1 aromatic rings. The quantitative estimate of drug-likeness (QED) is 0.610. The highest BCUT2D eigenvalue weighted by atomic mass is 16.6. The summed E-state index contributed by atoms with van der Waals surface area (Å²) in [5.41, 5.74) is 0.969. The first kappa shape index (κ1) is 15.9. The summed E-state index contributed by atoms with van der Waals surface area (Å²) in [7, 11) is 0. The van der Waals surface area contributed by atoms with Gasteiger partial charge >= 0.3 is 0 Å². The van der Waals surface area contributed by atoms with Crippen LogP contribution < -0.4 is 4.90 Å². The Hall–Kier alpha value is -2.13. The molecule has 0 bridgehead atoms. The maximum absolute atomic E-state index is 11.2. The van der Waals surface area contributed by atoms with Crippen LogP contribution in [0.3, 0.4) is 0 Å². The van der Waals surface area contributed by atoms with E-state index in [2.05, 4.69) is 6.07 Å². The molecule has 0 saturated heterocycles. The zero-order chi connectivity index (χ0) is 15.1. The topological polar surface area (TPSA) is 90.4 Å². The van der Waals surface area contributed by atoms with Crippen molar-refractivity contribution < 1.29 is 10.0 Å². The van der Waals surface area contributed by atoms with Crippen molar-refractivity contribution in [3.05, 3.63) is 33.9 Å². The molecule has 6 nitrogen and oxygen atoms in total. The molecule has 1 aromatic carbocycles. The number of nitrogens with zero attached hydrogens (tertiary/aromatic N) is 3. The summed E-state index contributed by atoms with van der Waals surface area (Å²) in [4.78, 5) is 12.6. The van der Waals surface area contributed by atoms with E-state index < -0.39 is 4.92 Å². The van der Waals surface area contributed by atoms with E-state index in [1.54, 1.807) is 12.1 Å². The van der Waals surface area contributed by atoms with Gasteiger partial charge in [0, 0.05) is 19.2 Å². The van der Waals surface area contributed by atoms with Gasteiger partial charge in [-0.2, -0.15) is 5.26 Å². The summed E-state index contributed by atoms with van der Waals surface area (Å²) < 4.78 is 0. The van der Waals surface area contributed by atoms with E-state index in [1.807, 2.05) is 18.7 Å². The van der Waals surface area contributed by atoms with Crippen LogP contribution in [0.4, 0.5) is 11.4 Å². The summed E-state index contributed by atoms with van der Waals surface area (Å²) in [5, 5.41) is 29.0. The molecule has 0 aliphatic heterocycles. The number of nitriles is 1. The average Bonchev–Trinajstić information content (AvgIpc) is 2.42. The summed E-state index contributed by atoms with van der Waals surface area (Å²) in [5.74, 6) is 0.325. The number of benzene rings is 1. The van der Waals surface area contributed by atoms with Crippen molar-refractivity contribution in [2.24, 2.45) is 5.92 Å². The van der Waals surface area contributed by atoms with Crippen molar-refractivity contribution in [3.63, 3.8) is 0 Å². The summed E-state index contributed by atoms with van der Waals surface area (Å²) >= 11 is 0. The number of nitro groups is 1. The molecule has 0 aromatic heterocycles. The Morgan fingerprint density at radius 3 is 2.70 bits per heavy atom. The second kappa shape index (κ2) is 7.46. The fourth-order valence-electron chi connectivity index (χ4n) is 2.02. The molecular weight excluding hydrogens is 258 g/mol. The number of hydrogen-bond donors (Lipinski definition) is 1. The molecule has 1 rings (SSSR count). The van der Waals surface area contributed by atoms with Crippen LogP contribution in [-0.2, 0) is 6.61 Å². The van der Waals surface area contributed by atoms with E-state index in [9.17, 15) is 10.1 Å². The van der Waals surface area contributed by atoms with Crippen LogP contribution in [-0.4, -0.2) is 23.1 Å². The molecule has 20 heavy (non-hydrogen) atoms. The van der Waals surface area contributed by atoms with E-state index in [0.717, 1.165) is 0 Å². The highest BCUT2D eigenvalue weighted by molar-refractivity contribution is 5.64. The zero-order valence-corrected chi connectivity index (χ0v) is 11.7. The molecule has 108 valence electrons. The summed E-state index contributed by atoms with van der Waals surface area (Å²) in [6, 6.07) is 6.76. The number of rotatable bonds is 7. The molecule has 0 unspecified atom stereocenters. The SMILES string of the molecule is CC(C)CN(CCC#N)c1ccc(CO)cc1[N+](=O)[O-]. The Bertz CT molecular complexity index is 509. The fraction of sp³-hybridized carbons (Fsp3) is 0.500. The van der Waals surface area contributed by atoms with E-state index in [1.165, 1.54) is 6.07 Å². The minimum absolute atomic E-state index is 0.0323. The van der Waals surface area contributed by atoms with Crippen LogP contribution in [0, 0.1) is 27.4 Å². The van der Waals surface area contributed by atoms with Crippen molar-refractivity contribution in [2.75, 3.05) is 18.0 Å². The minimum Gasteiger partial charge on any atom is -0.392 e. The van der Waals surface area contributed by atoms with E-state index >= 15 is 0 Å². The number of aliphatic hydroxyl groups is 1. The van der Waals surface area contributed by atoms with Crippen molar-refractivity contribution in [2.45, 2.75) is 26.9 Å². The van der Waals surface area contributed by atoms with Crippen LogP contribution in [0.1, 0.15) is 25.8 Å². The van der Waals surface area contributed by atoms with E-state index in [0.29, 0.717) is 36.7 Å². The molecule has 0 spiro atoms. The van der Waals surface area contributed by atoms with Crippen molar-refractivity contribution in [3.8, 4) is 6.07 Å². The molecule has 0 saturated carbocycles. The number of aliphatic hydroxyl groups excluding tert-OH is 1. The number of nitro benzene ring substituents is 1. The number of anilines is 1. The standard InChI is InChI=1S/C14H19N3O3/c1-11(2)9-16(7-3-6-15)13-5-4-12(10-18)8-14(13)17(19)20/h4-5,8,11,18H,3,7,9-10H2,1-2H3. The predicted molar refractivity (Wildman–Crippen MR) is 76.3 cm³/mol. The van der Waals surface area contributed by atoms with Crippen LogP contribution in [0.25, 0.3) is 0 Å². The summed E-state index contributed by atoms with van der Waals surface area (Å²) in [6.07, 6.45) is 0.311. The third-order valence-corrected chi connectivity index (χ3v) is 2.84. The molecule has 0 heterocycles. The Morgan fingerprint density at radius 1 is 1.50 bits per heavy atom. The highest BCUT2D eigenvalue weighted by Gasteiger charge is 2.20. The second-order valence-corrected chi connectivity index (χ2v) is 4.99. The second-order valence-electron chi connectivity index (χ2n) is 4.99. The van der Waals surface area contributed by atoms with Gasteiger partial charge in [-0.15, -0.1) is 0 Å². The first-order chi connectivity index (χ1) is 9.49.